The number of fused-ring (bicyclic) bond motifs is 3. The van der Waals surface area contributed by atoms with E-state index in [4.69, 9.17) is 24.9 Å². The molecule has 2 saturated heterocycles. The molecule has 152 valence electrons. The van der Waals surface area contributed by atoms with Crippen molar-refractivity contribution in [2.24, 2.45) is 5.73 Å². The van der Waals surface area contributed by atoms with Gasteiger partial charge in [0.05, 0.1) is 25.3 Å². The van der Waals surface area contributed by atoms with Crippen LogP contribution >= 0.6 is 0 Å². The number of hydrogen-bond acceptors (Lipinski definition) is 7. The van der Waals surface area contributed by atoms with Crippen molar-refractivity contribution < 1.29 is 23.8 Å². The zero-order valence-corrected chi connectivity index (χ0v) is 15.9. The summed E-state index contributed by atoms with van der Waals surface area (Å²) in [6.45, 7) is 3.92. The van der Waals surface area contributed by atoms with Crippen LogP contribution in [0.3, 0.4) is 0 Å². The van der Waals surface area contributed by atoms with E-state index in [1.807, 2.05) is 29.0 Å². The Bertz CT molecular complexity index is 999. The van der Waals surface area contributed by atoms with E-state index in [1.54, 1.807) is 11.8 Å². The molecule has 10 heteroatoms. The molecule has 2 fully saturated rings. The Morgan fingerprint density at radius 2 is 2.14 bits per heavy atom. The Morgan fingerprint density at radius 1 is 1.31 bits per heavy atom. The lowest BCUT2D eigenvalue weighted by molar-refractivity contribution is -0.118. The lowest BCUT2D eigenvalue weighted by Gasteiger charge is -2.40. The summed E-state index contributed by atoms with van der Waals surface area (Å²) in [5, 5.41) is 3.05. The number of amides is 2. The van der Waals surface area contributed by atoms with Crippen LogP contribution in [0.25, 0.3) is 11.4 Å². The second-order valence-corrected chi connectivity index (χ2v) is 7.55. The summed E-state index contributed by atoms with van der Waals surface area (Å²) in [5.41, 5.74) is 6.39. The average Bonchev–Trinajstić information content (AvgIpc) is 3.18. The zero-order valence-electron chi connectivity index (χ0n) is 15.9. The van der Waals surface area contributed by atoms with Crippen LogP contribution in [0.5, 0.6) is 5.75 Å². The largest absolute Gasteiger partial charge is 0.491 e. The minimum absolute atomic E-state index is 0.306. The fourth-order valence-electron chi connectivity index (χ4n) is 3.79. The van der Waals surface area contributed by atoms with Crippen LogP contribution in [0.2, 0.25) is 0 Å². The number of primary amides is 1. The van der Waals surface area contributed by atoms with Crippen molar-refractivity contribution in [2.45, 2.75) is 25.0 Å². The number of cyclic esters (lactones) is 1. The van der Waals surface area contributed by atoms with Crippen molar-refractivity contribution in [1.82, 2.24) is 9.55 Å². The molecule has 0 aliphatic carbocycles. The third kappa shape index (κ3) is 2.79. The topological polar surface area (TPSA) is 121 Å². The van der Waals surface area contributed by atoms with Crippen LogP contribution in [0.15, 0.2) is 24.4 Å². The highest BCUT2D eigenvalue weighted by molar-refractivity contribution is 5.91. The van der Waals surface area contributed by atoms with Gasteiger partial charge in [-0.2, -0.15) is 0 Å². The lowest BCUT2D eigenvalue weighted by Crippen LogP contribution is -2.61. The van der Waals surface area contributed by atoms with Crippen molar-refractivity contribution in [2.75, 3.05) is 36.6 Å². The summed E-state index contributed by atoms with van der Waals surface area (Å²) in [6.07, 6.45) is 1.44. The molecular weight excluding hydrogens is 378 g/mol. The number of imidazole rings is 1. The summed E-state index contributed by atoms with van der Waals surface area (Å²) >= 11 is 0. The predicted molar refractivity (Wildman–Crippen MR) is 103 cm³/mol. The molecular formula is C19H21N5O5. The van der Waals surface area contributed by atoms with Crippen molar-refractivity contribution in [3.05, 3.63) is 24.4 Å². The molecule has 4 heterocycles. The second kappa shape index (κ2) is 6.38. The Morgan fingerprint density at radius 3 is 2.86 bits per heavy atom. The van der Waals surface area contributed by atoms with Gasteiger partial charge in [-0.25, -0.2) is 14.7 Å². The van der Waals surface area contributed by atoms with Crippen molar-refractivity contribution >= 4 is 23.5 Å². The molecule has 5 rings (SSSR count). The first-order valence-electron chi connectivity index (χ1n) is 9.42. The van der Waals surface area contributed by atoms with Gasteiger partial charge in [0, 0.05) is 18.0 Å². The third-order valence-corrected chi connectivity index (χ3v) is 5.48. The molecule has 10 nitrogen and oxygen atoms in total. The molecule has 29 heavy (non-hydrogen) atoms. The first kappa shape index (κ1) is 17.8. The molecule has 1 atom stereocenters. The molecule has 3 aliphatic rings. The zero-order chi connectivity index (χ0) is 20.2. The van der Waals surface area contributed by atoms with Crippen LogP contribution in [-0.2, 0) is 20.8 Å². The highest BCUT2D eigenvalue weighted by Crippen LogP contribution is 2.39. The number of hydrogen-bond donors (Lipinski definition) is 2. The normalized spacial score (nSPS) is 20.0. The lowest BCUT2D eigenvalue weighted by atomic mass is 9.98. The van der Waals surface area contributed by atoms with Crippen LogP contribution in [0.1, 0.15) is 6.92 Å². The van der Waals surface area contributed by atoms with Gasteiger partial charge in [0.25, 0.3) is 0 Å². The van der Waals surface area contributed by atoms with Gasteiger partial charge in [0.1, 0.15) is 36.4 Å². The van der Waals surface area contributed by atoms with E-state index < -0.39 is 23.6 Å². The Balaban J connectivity index is 1.50. The van der Waals surface area contributed by atoms with Crippen LogP contribution in [-0.4, -0.2) is 59.6 Å². The van der Waals surface area contributed by atoms with Gasteiger partial charge < -0.3 is 29.8 Å². The van der Waals surface area contributed by atoms with E-state index in [2.05, 4.69) is 5.32 Å². The molecule has 1 aromatic heterocycles. The molecule has 0 radical (unpaired) electrons. The Labute approximate surface area is 166 Å². The number of carbonyl (C=O) groups is 2. The van der Waals surface area contributed by atoms with Gasteiger partial charge in [0.15, 0.2) is 5.82 Å². The number of benzene rings is 1. The summed E-state index contributed by atoms with van der Waals surface area (Å²) in [4.78, 5) is 30.0. The van der Waals surface area contributed by atoms with Gasteiger partial charge in [-0.15, -0.1) is 0 Å². The summed E-state index contributed by atoms with van der Waals surface area (Å²) in [7, 11) is 0. The number of nitrogens with zero attached hydrogens (tertiary/aromatic N) is 3. The minimum atomic E-state index is -0.505. The fourth-order valence-corrected chi connectivity index (χ4v) is 3.79. The smallest absolute Gasteiger partial charge is 0.416 e. The minimum Gasteiger partial charge on any atom is -0.491 e. The van der Waals surface area contributed by atoms with Gasteiger partial charge >= 0.3 is 6.09 Å². The molecule has 3 aliphatic heterocycles. The summed E-state index contributed by atoms with van der Waals surface area (Å²) in [6, 6.07) is 5.04. The first-order chi connectivity index (χ1) is 14.0. The number of aromatic nitrogens is 2. The van der Waals surface area contributed by atoms with E-state index in [9.17, 15) is 9.59 Å². The van der Waals surface area contributed by atoms with Crippen LogP contribution in [0.4, 0.5) is 16.3 Å². The maximum atomic E-state index is 12.3. The number of rotatable bonds is 4. The monoisotopic (exact) mass is 399 g/mol. The van der Waals surface area contributed by atoms with Gasteiger partial charge in [-0.3, -0.25) is 4.79 Å². The molecule has 0 saturated carbocycles. The predicted octanol–water partition coefficient (Wildman–Crippen LogP) is 0.954. The van der Waals surface area contributed by atoms with Gasteiger partial charge in [-0.1, -0.05) is 0 Å². The maximum absolute atomic E-state index is 12.3. The van der Waals surface area contributed by atoms with Gasteiger partial charge in [-0.05, 0) is 19.1 Å². The van der Waals surface area contributed by atoms with Crippen molar-refractivity contribution in [1.29, 1.82) is 0 Å². The number of nitrogens with two attached hydrogens (primary N) is 1. The van der Waals surface area contributed by atoms with E-state index in [0.717, 1.165) is 11.3 Å². The number of nitrogens with one attached hydrogen (secondary N) is 1. The SMILES string of the molecule is C[C@H](Nc1ccc2c(c1)OCCn1cc(N3C(=O)OCC34COC4)nc1-2)C(N)=O. The molecule has 0 unspecified atom stereocenters. The second-order valence-electron chi connectivity index (χ2n) is 7.55. The van der Waals surface area contributed by atoms with Gasteiger partial charge in [0.2, 0.25) is 5.91 Å². The van der Waals surface area contributed by atoms with E-state index in [-0.39, 0.29) is 0 Å². The molecule has 2 amide bonds. The Hall–Kier alpha value is -3.27. The summed E-state index contributed by atoms with van der Waals surface area (Å²) < 4.78 is 18.5. The highest BCUT2D eigenvalue weighted by Gasteiger charge is 2.55. The molecule has 3 N–H and O–H groups in total. The standard InChI is InChI=1S/C19H21N5O5/c1-11(16(20)25)21-12-2-3-13-14(6-12)28-5-4-23-7-15(22-17(13)23)24-18(26)29-10-19(24)8-27-9-19/h2-3,6-7,11,21H,4-5,8-10H2,1H3,(H2,20,25)/t11-/m0/s1. The summed E-state index contributed by atoms with van der Waals surface area (Å²) in [5.74, 6) is 1.46. The van der Waals surface area contributed by atoms with Crippen molar-refractivity contribution in [3.63, 3.8) is 0 Å². The third-order valence-electron chi connectivity index (χ3n) is 5.48. The number of carbonyl (C=O) groups excluding carboxylic acids is 2. The number of anilines is 2. The van der Waals surface area contributed by atoms with E-state index in [1.165, 1.54) is 0 Å². The number of ether oxygens (including phenoxy) is 3. The van der Waals surface area contributed by atoms with E-state index >= 15 is 0 Å². The molecule has 0 bridgehead atoms. The van der Waals surface area contributed by atoms with Crippen LogP contribution in [0, 0.1) is 0 Å². The molecule has 2 aromatic rings. The maximum Gasteiger partial charge on any atom is 0.416 e. The first-order valence-corrected chi connectivity index (χ1v) is 9.42. The van der Waals surface area contributed by atoms with Crippen LogP contribution < -0.4 is 20.7 Å². The highest BCUT2D eigenvalue weighted by atomic mass is 16.6. The average molecular weight is 399 g/mol. The molecule has 1 aromatic carbocycles. The fraction of sp³-hybridized carbons (Fsp3) is 0.421. The quantitative estimate of drug-likeness (QED) is 0.785. The van der Waals surface area contributed by atoms with E-state index in [0.29, 0.717) is 50.4 Å². The van der Waals surface area contributed by atoms with Crippen molar-refractivity contribution in [3.8, 4) is 17.1 Å². The molecule has 1 spiro atoms. The Kier molecular flexibility index (Phi) is 3.91.